The first-order valence-electron chi connectivity index (χ1n) is 12.1. The van der Waals surface area contributed by atoms with Crippen LogP contribution < -0.4 is 5.32 Å². The number of nitrogens with one attached hydrogen (secondary N) is 1. The molecule has 4 rings (SSSR count). The standard InChI is InChI=1S/C29H33NO6/c1-21(31)30-26-28(35-19-24-15-9-4-10-16-24)27(34-18-23-13-7-3-8-14-23)25(36-29(26)32)20-33-17-22-11-5-2-6-12-22/h2-16,25-29,32H,17-20H2,1H3,(H,30,31)/t25-,26+,27-,28-,29-/m1/s1. The van der Waals surface area contributed by atoms with Crippen molar-refractivity contribution in [2.75, 3.05) is 6.61 Å². The van der Waals surface area contributed by atoms with Crippen molar-refractivity contribution in [2.45, 2.75) is 57.4 Å². The highest BCUT2D eigenvalue weighted by Crippen LogP contribution is 2.27. The van der Waals surface area contributed by atoms with Crippen LogP contribution in [0.1, 0.15) is 23.6 Å². The van der Waals surface area contributed by atoms with E-state index < -0.39 is 30.6 Å². The van der Waals surface area contributed by atoms with Gasteiger partial charge in [0.15, 0.2) is 6.29 Å². The van der Waals surface area contributed by atoms with E-state index in [1.54, 1.807) is 0 Å². The monoisotopic (exact) mass is 491 g/mol. The number of hydrogen-bond donors (Lipinski definition) is 2. The fraction of sp³-hybridized carbons (Fsp3) is 0.345. The Balaban J connectivity index is 1.53. The van der Waals surface area contributed by atoms with Gasteiger partial charge in [0.1, 0.15) is 24.4 Å². The Bertz CT molecular complexity index is 1050. The maximum absolute atomic E-state index is 12.0. The highest BCUT2D eigenvalue weighted by molar-refractivity contribution is 5.73. The Kier molecular flexibility index (Phi) is 9.61. The van der Waals surface area contributed by atoms with Crippen molar-refractivity contribution < 1.29 is 28.8 Å². The summed E-state index contributed by atoms with van der Waals surface area (Å²) in [5.74, 6) is -0.295. The smallest absolute Gasteiger partial charge is 0.217 e. The van der Waals surface area contributed by atoms with E-state index in [9.17, 15) is 9.90 Å². The third-order valence-corrected chi connectivity index (χ3v) is 6.00. The number of benzene rings is 3. The number of amides is 1. The summed E-state index contributed by atoms with van der Waals surface area (Å²) in [7, 11) is 0. The van der Waals surface area contributed by atoms with Crippen molar-refractivity contribution in [1.29, 1.82) is 0 Å². The van der Waals surface area contributed by atoms with Crippen LogP contribution in [-0.4, -0.2) is 48.3 Å². The van der Waals surface area contributed by atoms with Crippen LogP contribution in [0.2, 0.25) is 0 Å². The molecule has 1 heterocycles. The molecule has 190 valence electrons. The first-order valence-corrected chi connectivity index (χ1v) is 12.1. The normalized spacial score (nSPS) is 23.8. The maximum atomic E-state index is 12.0. The number of aliphatic hydroxyl groups is 1. The fourth-order valence-corrected chi connectivity index (χ4v) is 4.24. The molecule has 5 atom stereocenters. The molecule has 1 aliphatic heterocycles. The van der Waals surface area contributed by atoms with Gasteiger partial charge in [0.05, 0.1) is 26.4 Å². The largest absolute Gasteiger partial charge is 0.374 e. The summed E-state index contributed by atoms with van der Waals surface area (Å²) >= 11 is 0. The molecule has 2 N–H and O–H groups in total. The molecular formula is C29H33NO6. The molecule has 0 saturated carbocycles. The maximum Gasteiger partial charge on any atom is 0.217 e. The zero-order chi connectivity index (χ0) is 25.2. The number of aliphatic hydroxyl groups excluding tert-OH is 1. The van der Waals surface area contributed by atoms with Crippen LogP contribution in [0, 0.1) is 0 Å². The predicted molar refractivity (Wildman–Crippen MR) is 135 cm³/mol. The molecular weight excluding hydrogens is 458 g/mol. The lowest BCUT2D eigenvalue weighted by molar-refractivity contribution is -0.277. The molecule has 0 aliphatic carbocycles. The highest BCUT2D eigenvalue weighted by atomic mass is 16.7. The Morgan fingerprint density at radius 3 is 1.75 bits per heavy atom. The molecule has 1 amide bonds. The Morgan fingerprint density at radius 1 is 0.778 bits per heavy atom. The van der Waals surface area contributed by atoms with Crippen molar-refractivity contribution in [2.24, 2.45) is 0 Å². The summed E-state index contributed by atoms with van der Waals surface area (Å²) in [5.41, 5.74) is 2.99. The molecule has 0 unspecified atom stereocenters. The Hall–Kier alpha value is -3.07. The second-order valence-electron chi connectivity index (χ2n) is 8.81. The van der Waals surface area contributed by atoms with Crippen molar-refractivity contribution in [3.63, 3.8) is 0 Å². The van der Waals surface area contributed by atoms with E-state index in [0.29, 0.717) is 13.2 Å². The Labute approximate surface area is 212 Å². The zero-order valence-electron chi connectivity index (χ0n) is 20.4. The minimum atomic E-state index is -1.28. The van der Waals surface area contributed by atoms with Gasteiger partial charge in [-0.3, -0.25) is 4.79 Å². The molecule has 36 heavy (non-hydrogen) atoms. The third kappa shape index (κ3) is 7.46. The number of rotatable bonds is 11. The summed E-state index contributed by atoms with van der Waals surface area (Å²) in [6, 6.07) is 28.6. The van der Waals surface area contributed by atoms with E-state index >= 15 is 0 Å². The van der Waals surface area contributed by atoms with Crippen LogP contribution in [0.15, 0.2) is 91.0 Å². The van der Waals surface area contributed by atoms with E-state index in [1.165, 1.54) is 6.92 Å². The number of carbonyl (C=O) groups is 1. The molecule has 0 spiro atoms. The van der Waals surface area contributed by atoms with E-state index in [1.807, 2.05) is 91.0 Å². The summed E-state index contributed by atoms with van der Waals surface area (Å²) in [4.78, 5) is 12.0. The molecule has 0 bridgehead atoms. The van der Waals surface area contributed by atoms with Gasteiger partial charge in [-0.1, -0.05) is 91.0 Å². The van der Waals surface area contributed by atoms with Crippen LogP contribution in [0.4, 0.5) is 0 Å². The quantitative estimate of drug-likeness (QED) is 0.426. The van der Waals surface area contributed by atoms with E-state index in [0.717, 1.165) is 16.7 Å². The number of carbonyl (C=O) groups excluding carboxylic acids is 1. The molecule has 1 aliphatic rings. The summed E-state index contributed by atoms with van der Waals surface area (Å²) in [6.45, 7) is 2.58. The summed E-state index contributed by atoms with van der Waals surface area (Å²) < 4.78 is 24.6. The lowest BCUT2D eigenvalue weighted by atomic mass is 9.96. The lowest BCUT2D eigenvalue weighted by Gasteiger charge is -2.44. The first kappa shape index (κ1) is 26.0. The van der Waals surface area contributed by atoms with Gasteiger partial charge in [0, 0.05) is 6.92 Å². The summed E-state index contributed by atoms with van der Waals surface area (Å²) in [6.07, 6.45) is -3.17. The van der Waals surface area contributed by atoms with Gasteiger partial charge in [-0.15, -0.1) is 0 Å². The molecule has 3 aromatic carbocycles. The average molecular weight is 492 g/mol. The molecule has 0 aromatic heterocycles. The topological polar surface area (TPSA) is 86.3 Å². The van der Waals surface area contributed by atoms with Crippen molar-refractivity contribution in [3.8, 4) is 0 Å². The third-order valence-electron chi connectivity index (χ3n) is 6.00. The van der Waals surface area contributed by atoms with Crippen molar-refractivity contribution in [3.05, 3.63) is 108 Å². The first-order chi connectivity index (χ1) is 17.6. The fourth-order valence-electron chi connectivity index (χ4n) is 4.24. The molecule has 0 radical (unpaired) electrons. The second-order valence-corrected chi connectivity index (χ2v) is 8.81. The van der Waals surface area contributed by atoms with E-state index in [4.69, 9.17) is 18.9 Å². The van der Waals surface area contributed by atoms with Gasteiger partial charge in [0.25, 0.3) is 0 Å². The van der Waals surface area contributed by atoms with Gasteiger partial charge >= 0.3 is 0 Å². The van der Waals surface area contributed by atoms with Gasteiger partial charge in [-0.25, -0.2) is 0 Å². The van der Waals surface area contributed by atoms with Crippen molar-refractivity contribution >= 4 is 5.91 Å². The average Bonchev–Trinajstić information content (AvgIpc) is 2.90. The van der Waals surface area contributed by atoms with Crippen molar-refractivity contribution in [1.82, 2.24) is 5.32 Å². The number of hydrogen-bond acceptors (Lipinski definition) is 6. The van der Waals surface area contributed by atoms with E-state index in [-0.39, 0.29) is 19.1 Å². The highest BCUT2D eigenvalue weighted by Gasteiger charge is 2.47. The predicted octanol–water partition coefficient (Wildman–Crippen LogP) is 3.60. The Morgan fingerprint density at radius 2 is 1.25 bits per heavy atom. The summed E-state index contributed by atoms with van der Waals surface area (Å²) in [5, 5.41) is 13.6. The molecule has 7 heteroatoms. The lowest BCUT2D eigenvalue weighted by Crippen LogP contribution is -2.65. The van der Waals surface area contributed by atoms with Gasteiger partial charge in [0.2, 0.25) is 5.91 Å². The molecule has 1 fully saturated rings. The van der Waals surface area contributed by atoms with Crippen LogP contribution in [-0.2, 0) is 43.6 Å². The van der Waals surface area contributed by atoms with Crippen LogP contribution in [0.3, 0.4) is 0 Å². The second kappa shape index (κ2) is 13.3. The number of ether oxygens (including phenoxy) is 4. The SMILES string of the molecule is CC(=O)N[C@H]1[C@@H](OCc2ccccc2)[C@H](OCc2ccccc2)[C@@H](COCc2ccccc2)O[C@H]1O. The van der Waals surface area contributed by atoms with Crippen LogP contribution >= 0.6 is 0 Å². The van der Waals surface area contributed by atoms with E-state index in [2.05, 4.69) is 5.32 Å². The zero-order valence-corrected chi connectivity index (χ0v) is 20.4. The minimum absolute atomic E-state index is 0.184. The van der Waals surface area contributed by atoms with Gasteiger partial charge < -0.3 is 29.4 Å². The molecule has 1 saturated heterocycles. The van der Waals surface area contributed by atoms with Crippen LogP contribution in [0.5, 0.6) is 0 Å². The molecule has 7 nitrogen and oxygen atoms in total. The minimum Gasteiger partial charge on any atom is -0.374 e. The molecule has 3 aromatic rings. The van der Waals surface area contributed by atoms with Gasteiger partial charge in [-0.05, 0) is 16.7 Å². The van der Waals surface area contributed by atoms with Gasteiger partial charge in [-0.2, -0.15) is 0 Å². The van der Waals surface area contributed by atoms with Crippen LogP contribution in [0.25, 0.3) is 0 Å².